The van der Waals surface area contributed by atoms with Gasteiger partial charge in [0, 0.05) is 11.1 Å². The Kier molecular flexibility index (Phi) is 5.59. The molecule has 0 aliphatic carbocycles. The number of sulfonamides is 1. The van der Waals surface area contributed by atoms with Crippen LogP contribution in [-0.4, -0.2) is 43.7 Å². The van der Waals surface area contributed by atoms with Crippen molar-refractivity contribution in [3.05, 3.63) is 64.7 Å². The van der Waals surface area contributed by atoms with E-state index in [1.807, 2.05) is 0 Å². The van der Waals surface area contributed by atoms with Gasteiger partial charge in [-0.05, 0) is 42.0 Å². The maximum atomic E-state index is 13.6. The molecular weight excluding hydrogens is 388 g/mol. The lowest BCUT2D eigenvalue weighted by molar-refractivity contribution is -0.0249. The molecule has 0 bridgehead atoms. The molecule has 0 amide bonds. The van der Waals surface area contributed by atoms with Gasteiger partial charge in [-0.1, -0.05) is 11.6 Å². The zero-order valence-corrected chi connectivity index (χ0v) is 15.1. The zero-order chi connectivity index (χ0) is 18.9. The lowest BCUT2D eigenvalue weighted by Crippen LogP contribution is -2.52. The molecule has 1 heterocycles. The molecule has 1 saturated heterocycles. The van der Waals surface area contributed by atoms with E-state index >= 15 is 0 Å². The smallest absolute Gasteiger partial charge is 0.244 e. The number of benzene rings is 2. The van der Waals surface area contributed by atoms with Crippen molar-refractivity contribution >= 4 is 21.6 Å². The highest BCUT2D eigenvalue weighted by Gasteiger charge is 2.41. The molecule has 0 spiro atoms. The van der Waals surface area contributed by atoms with E-state index in [4.69, 9.17) is 16.3 Å². The van der Waals surface area contributed by atoms with Gasteiger partial charge in [0.15, 0.2) is 0 Å². The highest BCUT2D eigenvalue weighted by molar-refractivity contribution is 7.89. The van der Waals surface area contributed by atoms with E-state index in [-0.39, 0.29) is 23.7 Å². The van der Waals surface area contributed by atoms with Crippen molar-refractivity contribution in [3.63, 3.8) is 0 Å². The predicted molar refractivity (Wildman–Crippen MR) is 91.3 cm³/mol. The van der Waals surface area contributed by atoms with Crippen molar-refractivity contribution < 1.29 is 27.0 Å². The van der Waals surface area contributed by atoms with Gasteiger partial charge in [0.1, 0.15) is 11.6 Å². The molecule has 9 heteroatoms. The first-order chi connectivity index (χ1) is 12.3. The fourth-order valence-electron chi connectivity index (χ4n) is 2.95. The average Bonchev–Trinajstić information content (AvgIpc) is 2.60. The van der Waals surface area contributed by atoms with Gasteiger partial charge in [-0.2, -0.15) is 4.31 Å². The van der Waals surface area contributed by atoms with Crippen LogP contribution < -0.4 is 0 Å². The molecule has 2 aromatic carbocycles. The van der Waals surface area contributed by atoms with Crippen molar-refractivity contribution in [3.8, 4) is 0 Å². The summed E-state index contributed by atoms with van der Waals surface area (Å²) in [6.07, 6.45) is 0. The summed E-state index contributed by atoms with van der Waals surface area (Å²) in [7, 11) is -4.07. The number of hydrogen-bond acceptors (Lipinski definition) is 4. The van der Waals surface area contributed by atoms with Gasteiger partial charge in [0.25, 0.3) is 0 Å². The minimum Gasteiger partial charge on any atom is -0.395 e. The molecule has 1 aliphatic heterocycles. The Hall–Kier alpha value is -1.58. The van der Waals surface area contributed by atoms with Gasteiger partial charge < -0.3 is 9.84 Å². The van der Waals surface area contributed by atoms with Gasteiger partial charge >= 0.3 is 0 Å². The summed E-state index contributed by atoms with van der Waals surface area (Å²) in [4.78, 5) is -0.0378. The van der Waals surface area contributed by atoms with E-state index in [1.165, 1.54) is 24.3 Å². The maximum absolute atomic E-state index is 13.6. The summed E-state index contributed by atoms with van der Waals surface area (Å²) in [5.74, 6) is -1.65. The maximum Gasteiger partial charge on any atom is 0.244 e. The number of rotatable bonds is 4. The second-order valence-corrected chi connectivity index (χ2v) is 8.16. The SMILES string of the molecule is O=S(=O)(c1ccc(Cl)cc1)N1[C@@H](CO)COC[C@H]1c1cc(F)cc(F)c1. The Labute approximate surface area is 154 Å². The number of aliphatic hydroxyl groups is 1. The Morgan fingerprint density at radius 1 is 1.12 bits per heavy atom. The molecule has 1 aliphatic rings. The van der Waals surface area contributed by atoms with Crippen molar-refractivity contribution in [1.82, 2.24) is 4.31 Å². The van der Waals surface area contributed by atoms with Gasteiger partial charge in [0.2, 0.25) is 10.0 Å². The van der Waals surface area contributed by atoms with Crippen LogP contribution in [0.3, 0.4) is 0 Å². The lowest BCUT2D eigenvalue weighted by atomic mass is 10.0. The zero-order valence-electron chi connectivity index (χ0n) is 13.5. The Morgan fingerprint density at radius 2 is 1.73 bits per heavy atom. The summed E-state index contributed by atoms with van der Waals surface area (Å²) in [5, 5.41) is 10.0. The number of ether oxygens (including phenoxy) is 1. The number of halogens is 3. The summed E-state index contributed by atoms with van der Waals surface area (Å²) >= 11 is 5.81. The van der Waals surface area contributed by atoms with Crippen LogP contribution in [0.15, 0.2) is 47.4 Å². The fraction of sp³-hybridized carbons (Fsp3) is 0.294. The van der Waals surface area contributed by atoms with E-state index in [9.17, 15) is 22.3 Å². The third-order valence-corrected chi connectivity index (χ3v) is 6.35. The van der Waals surface area contributed by atoms with Crippen LogP contribution in [0.4, 0.5) is 8.78 Å². The molecule has 2 atom stereocenters. The molecule has 0 unspecified atom stereocenters. The Bertz CT molecular complexity index is 872. The van der Waals surface area contributed by atoms with Gasteiger partial charge in [-0.15, -0.1) is 0 Å². The summed E-state index contributed by atoms with van der Waals surface area (Å²) < 4.78 is 60.0. The Balaban J connectivity index is 2.09. The number of nitrogens with zero attached hydrogens (tertiary/aromatic N) is 1. The van der Waals surface area contributed by atoms with Crippen molar-refractivity contribution in [2.45, 2.75) is 17.0 Å². The lowest BCUT2D eigenvalue weighted by Gasteiger charge is -2.40. The second-order valence-electron chi connectivity index (χ2n) is 5.88. The highest BCUT2D eigenvalue weighted by Crippen LogP contribution is 2.34. The molecule has 1 fully saturated rings. The minimum atomic E-state index is -4.07. The molecule has 140 valence electrons. The monoisotopic (exact) mass is 403 g/mol. The molecule has 0 saturated carbocycles. The van der Waals surface area contributed by atoms with Crippen molar-refractivity contribution in [1.29, 1.82) is 0 Å². The van der Waals surface area contributed by atoms with Crippen LogP contribution in [-0.2, 0) is 14.8 Å². The molecule has 3 rings (SSSR count). The summed E-state index contributed by atoms with van der Waals surface area (Å²) in [5.41, 5.74) is 0.109. The fourth-order valence-corrected chi connectivity index (χ4v) is 4.84. The predicted octanol–water partition coefficient (Wildman–Crippen LogP) is 2.74. The van der Waals surface area contributed by atoms with Crippen LogP contribution in [0, 0.1) is 11.6 Å². The second kappa shape index (κ2) is 7.58. The number of aliphatic hydroxyl groups excluding tert-OH is 1. The first kappa shape index (κ1) is 19.2. The first-order valence-corrected chi connectivity index (χ1v) is 9.58. The van der Waals surface area contributed by atoms with Gasteiger partial charge in [-0.25, -0.2) is 17.2 Å². The molecule has 1 N–H and O–H groups in total. The van der Waals surface area contributed by atoms with Crippen LogP contribution in [0.5, 0.6) is 0 Å². The van der Waals surface area contributed by atoms with E-state index in [1.54, 1.807) is 0 Å². The van der Waals surface area contributed by atoms with E-state index < -0.39 is 40.3 Å². The third-order valence-electron chi connectivity index (χ3n) is 4.12. The standard InChI is InChI=1S/C17H16ClF2NO4S/c18-12-1-3-16(4-2-12)26(23,24)21-15(8-22)9-25-10-17(21)11-5-13(19)7-14(20)6-11/h1-7,15,17,22H,8-10H2/t15-,17-/m0/s1. The van der Waals surface area contributed by atoms with Gasteiger partial charge in [-0.3, -0.25) is 0 Å². The molecular formula is C17H16ClF2NO4S. The highest BCUT2D eigenvalue weighted by atomic mass is 35.5. The third kappa shape index (κ3) is 3.74. The quantitative estimate of drug-likeness (QED) is 0.852. The molecule has 5 nitrogen and oxygen atoms in total. The largest absolute Gasteiger partial charge is 0.395 e. The first-order valence-electron chi connectivity index (χ1n) is 7.76. The summed E-state index contributed by atoms with van der Waals surface area (Å²) in [6, 6.07) is 6.49. The Morgan fingerprint density at radius 3 is 2.31 bits per heavy atom. The molecule has 26 heavy (non-hydrogen) atoms. The number of hydrogen-bond donors (Lipinski definition) is 1. The van der Waals surface area contributed by atoms with Gasteiger partial charge in [0.05, 0.1) is 36.8 Å². The topological polar surface area (TPSA) is 66.8 Å². The minimum absolute atomic E-state index is 0.0301. The van der Waals surface area contributed by atoms with Crippen molar-refractivity contribution in [2.24, 2.45) is 0 Å². The van der Waals surface area contributed by atoms with Crippen molar-refractivity contribution in [2.75, 3.05) is 19.8 Å². The summed E-state index contributed by atoms with van der Waals surface area (Å²) in [6.45, 7) is -0.620. The molecule has 2 aromatic rings. The van der Waals surface area contributed by atoms with E-state index in [2.05, 4.69) is 0 Å². The van der Waals surface area contributed by atoms with E-state index in [0.717, 1.165) is 16.4 Å². The van der Waals surface area contributed by atoms with Crippen LogP contribution in [0.25, 0.3) is 0 Å². The van der Waals surface area contributed by atoms with Crippen LogP contribution in [0.2, 0.25) is 5.02 Å². The normalized spacial score (nSPS) is 21.7. The molecule has 0 aromatic heterocycles. The van der Waals surface area contributed by atoms with Crippen LogP contribution in [0.1, 0.15) is 11.6 Å². The molecule has 0 radical (unpaired) electrons. The number of morpholine rings is 1. The van der Waals surface area contributed by atoms with E-state index in [0.29, 0.717) is 11.1 Å². The van der Waals surface area contributed by atoms with Crippen LogP contribution >= 0.6 is 11.6 Å². The average molecular weight is 404 g/mol.